The molecule has 0 N–H and O–H groups in total. The predicted octanol–water partition coefficient (Wildman–Crippen LogP) is 25.3. The van der Waals surface area contributed by atoms with Crippen LogP contribution in [0.3, 0.4) is 0 Å². The molecule has 528 valence electrons. The van der Waals surface area contributed by atoms with Gasteiger partial charge in [0.1, 0.15) is 0 Å². The molecule has 0 aliphatic carbocycles. The van der Waals surface area contributed by atoms with Crippen LogP contribution in [0.15, 0.2) is 322 Å². The van der Waals surface area contributed by atoms with Crippen molar-refractivity contribution in [3.63, 3.8) is 0 Å². The van der Waals surface area contributed by atoms with Gasteiger partial charge in [-0.1, -0.05) is 164 Å². The van der Waals surface area contributed by atoms with Gasteiger partial charge in [0.05, 0.1) is 5.69 Å². The maximum Gasteiger partial charge on any atom is 0.159 e. The average Bonchev–Trinajstić information content (AvgIpc) is 1.64. The van der Waals surface area contributed by atoms with Crippen molar-refractivity contribution in [3.8, 4) is 56.0 Å². The normalized spacial score (nSPS) is 11.4. The van der Waals surface area contributed by atoms with Gasteiger partial charge in [-0.15, -0.1) is 0 Å². The Balaban J connectivity index is 0.0000000997. The van der Waals surface area contributed by atoms with Gasteiger partial charge >= 0.3 is 0 Å². The van der Waals surface area contributed by atoms with Gasteiger partial charge in [0.25, 0.3) is 0 Å². The molecule has 0 saturated heterocycles. The van der Waals surface area contributed by atoms with Gasteiger partial charge in [0.15, 0.2) is 5.82 Å². The highest BCUT2D eigenvalue weighted by Gasteiger charge is 2.17. The molecule has 0 aliphatic heterocycles. The number of fused-ring (bicyclic) bond motifs is 16. The average molecular weight is 1410 g/mol. The summed E-state index contributed by atoms with van der Waals surface area (Å²) in [5.74, 6) is 0.767. The molecule has 0 spiro atoms. The van der Waals surface area contributed by atoms with Crippen molar-refractivity contribution in [2.24, 2.45) is 35.2 Å². The van der Waals surface area contributed by atoms with Crippen LogP contribution in [0.4, 0.5) is 0 Å². The first-order valence-electron chi connectivity index (χ1n) is 37.2. The number of aromatic nitrogens is 9. The van der Waals surface area contributed by atoms with E-state index in [1.807, 2.05) is 36.8 Å². The highest BCUT2D eigenvalue weighted by atomic mass is 15.0. The topological polar surface area (TPSA) is 76.2 Å². The Kier molecular flexibility index (Phi) is 18.1. The van der Waals surface area contributed by atoms with Crippen molar-refractivity contribution >= 4 is 120 Å². The zero-order valence-corrected chi connectivity index (χ0v) is 63.1. The third-order valence-electron chi connectivity index (χ3n) is 21.8. The summed E-state index contributed by atoms with van der Waals surface area (Å²) in [6.45, 7) is 10.7. The highest BCUT2D eigenvalue weighted by molar-refractivity contribution is 6.14. The predicted molar refractivity (Wildman–Crippen MR) is 462 cm³/mol. The second-order valence-corrected chi connectivity index (χ2v) is 29.0. The number of rotatable bonds is 5. The van der Waals surface area contributed by atoms with Crippen LogP contribution in [-0.4, -0.2) is 42.8 Å². The molecule has 9 heteroatoms. The fraction of sp³-hybridized carbons (Fsp3) is 0.100. The summed E-state index contributed by atoms with van der Waals surface area (Å²) in [6, 6.07) is 104. The molecule has 21 rings (SSSR count). The van der Waals surface area contributed by atoms with E-state index in [-0.39, 0.29) is 0 Å². The molecule has 21 aromatic rings. The summed E-state index contributed by atoms with van der Waals surface area (Å²) >= 11 is 0. The van der Waals surface area contributed by atoms with Crippen LogP contribution in [0.5, 0.6) is 0 Å². The van der Waals surface area contributed by atoms with Gasteiger partial charge in [0.2, 0.25) is 0 Å². The minimum atomic E-state index is 0.767. The van der Waals surface area contributed by atoms with Crippen molar-refractivity contribution in [1.29, 1.82) is 0 Å². The van der Waals surface area contributed by atoms with Crippen LogP contribution in [0, 0.1) is 34.6 Å². The van der Waals surface area contributed by atoms with E-state index in [1.54, 1.807) is 12.4 Å². The Morgan fingerprint density at radius 2 is 0.550 bits per heavy atom. The molecule has 0 atom stereocenters. The molecule has 8 aromatic heterocycles. The molecule has 0 bridgehead atoms. The van der Waals surface area contributed by atoms with Crippen molar-refractivity contribution < 1.29 is 0 Å². The summed E-state index contributed by atoms with van der Waals surface area (Å²) in [7, 11) is 10.7. The molecule has 0 amide bonds. The first-order chi connectivity index (χ1) is 53.2. The van der Waals surface area contributed by atoms with E-state index in [1.165, 1.54) is 181 Å². The molecule has 0 saturated carbocycles. The van der Waals surface area contributed by atoms with Crippen LogP contribution in [0.2, 0.25) is 0 Å². The molecular weight excluding hydrogens is 1330 g/mol. The largest absolute Gasteiger partial charge is 0.344 e. The van der Waals surface area contributed by atoms with Gasteiger partial charge in [0, 0.05) is 186 Å². The first kappa shape index (κ1) is 68.6. The number of hydrogen-bond acceptors (Lipinski definition) is 4. The fourth-order valence-corrected chi connectivity index (χ4v) is 16.1. The van der Waals surface area contributed by atoms with Gasteiger partial charge in [-0.3, -0.25) is 9.97 Å². The Morgan fingerprint density at radius 1 is 0.202 bits per heavy atom. The molecule has 9 nitrogen and oxygen atoms in total. The number of hydrogen-bond donors (Lipinski definition) is 0. The maximum absolute atomic E-state index is 4.45. The van der Waals surface area contributed by atoms with Crippen molar-refractivity contribution in [2.45, 2.75) is 34.6 Å². The Hall–Kier alpha value is -13.5. The third kappa shape index (κ3) is 13.0. The SMILES string of the molecule is Cc1ccc2c3cc(-c4cccc5ccccc45)ccc3n(C)c2c1.Cc1ccc2c3cc(-c4ccccc4)ccc3n(C)c2c1.Cc1ccc2c3cc(-c4ccccn4)ccc3n(C)c2c1.Cc1ccc2c3cc(-c4ccncc4)ccc3n(C)c2c1.Cc1ccc2c3cc(-c4ncccn4)ccc3n(C)c2c1. The van der Waals surface area contributed by atoms with Crippen LogP contribution >= 0.6 is 0 Å². The van der Waals surface area contributed by atoms with Crippen LogP contribution in [-0.2, 0) is 35.2 Å². The number of nitrogens with zero attached hydrogens (tertiary/aromatic N) is 9. The number of aryl methyl sites for hydroxylation is 10. The quantitative estimate of drug-likeness (QED) is 0.172. The standard InChI is InChI=1S/C24H19N.C20H17N.2C19H16N2.C18H15N3/c1-16-10-12-21-22-15-18(11-13-23(22)25(2)24(21)14-16)20-9-5-7-17-6-3-4-8-19(17)20;1-14-8-10-17-18-13-16(15-6-4-3-5-7-15)9-11-19(18)21(2)20(17)12-14;1-13-3-5-16-17-12-15(14-7-9-20-10-8-14)4-6-18(17)21(2)19(16)11-13;1-13-6-8-15-16-12-14(17-5-3-4-10-20-17)7-9-18(16)21(2)19(15)11-13;1-12-4-6-14-15-11-13(18-19-8-3-9-20-18)5-7-16(15)21(2)17(14)10-12/h3-15H,1-2H3;3-13H,1-2H3;2*3-12H,1-2H3;3-11H,1-2H3. The number of pyridine rings is 2. The van der Waals surface area contributed by atoms with Crippen LogP contribution in [0.1, 0.15) is 27.8 Å². The molecule has 0 aliphatic rings. The molecule has 8 heterocycles. The molecule has 109 heavy (non-hydrogen) atoms. The molecule has 0 fully saturated rings. The zero-order valence-electron chi connectivity index (χ0n) is 63.1. The lowest BCUT2D eigenvalue weighted by molar-refractivity contribution is 1.01. The van der Waals surface area contributed by atoms with E-state index in [0.717, 1.165) is 22.6 Å². The highest BCUT2D eigenvalue weighted by Crippen LogP contribution is 2.39. The van der Waals surface area contributed by atoms with Gasteiger partial charge in [-0.25, -0.2) is 9.97 Å². The Labute approximate surface area is 634 Å². The molecule has 13 aromatic carbocycles. The zero-order chi connectivity index (χ0) is 74.6. The summed E-state index contributed by atoms with van der Waals surface area (Å²) in [5, 5.41) is 15.6. The van der Waals surface area contributed by atoms with E-state index in [9.17, 15) is 0 Å². The first-order valence-corrected chi connectivity index (χ1v) is 37.2. The minimum Gasteiger partial charge on any atom is -0.344 e. The second-order valence-electron chi connectivity index (χ2n) is 29.0. The smallest absolute Gasteiger partial charge is 0.159 e. The summed E-state index contributed by atoms with van der Waals surface area (Å²) in [6.07, 6.45) is 9.07. The van der Waals surface area contributed by atoms with Crippen LogP contribution < -0.4 is 0 Å². The van der Waals surface area contributed by atoms with E-state index in [2.05, 4.69) is 386 Å². The summed E-state index contributed by atoms with van der Waals surface area (Å²) in [5.41, 5.74) is 30.0. The van der Waals surface area contributed by atoms with Gasteiger partial charge in [-0.05, 0) is 234 Å². The Morgan fingerprint density at radius 3 is 0.991 bits per heavy atom. The van der Waals surface area contributed by atoms with E-state index < -0.39 is 0 Å². The van der Waals surface area contributed by atoms with Gasteiger partial charge < -0.3 is 22.8 Å². The van der Waals surface area contributed by atoms with Crippen molar-refractivity contribution in [1.82, 2.24) is 42.8 Å². The summed E-state index contributed by atoms with van der Waals surface area (Å²) in [4.78, 5) is 17.2. The van der Waals surface area contributed by atoms with Gasteiger partial charge in [-0.2, -0.15) is 0 Å². The third-order valence-corrected chi connectivity index (χ3v) is 21.8. The summed E-state index contributed by atoms with van der Waals surface area (Å²) < 4.78 is 11.4. The van der Waals surface area contributed by atoms with E-state index >= 15 is 0 Å². The van der Waals surface area contributed by atoms with E-state index in [4.69, 9.17) is 0 Å². The maximum atomic E-state index is 4.45. The lowest BCUT2D eigenvalue weighted by Gasteiger charge is -2.07. The number of benzene rings is 13. The Bertz CT molecular complexity index is 6370. The van der Waals surface area contributed by atoms with Crippen LogP contribution in [0.25, 0.3) is 176 Å². The van der Waals surface area contributed by atoms with Crippen molar-refractivity contribution in [3.05, 3.63) is 350 Å². The van der Waals surface area contributed by atoms with Crippen molar-refractivity contribution in [2.75, 3.05) is 0 Å². The fourth-order valence-electron chi connectivity index (χ4n) is 16.1. The lowest BCUT2D eigenvalue weighted by atomic mass is 9.97. The minimum absolute atomic E-state index is 0.767. The molecule has 0 radical (unpaired) electrons. The lowest BCUT2D eigenvalue weighted by Crippen LogP contribution is -1.88. The molecular formula is C100H83N9. The van der Waals surface area contributed by atoms with E-state index in [0.29, 0.717) is 0 Å². The molecule has 0 unspecified atom stereocenters. The second kappa shape index (κ2) is 28.8. The monoisotopic (exact) mass is 1410 g/mol.